The van der Waals surface area contributed by atoms with E-state index in [4.69, 9.17) is 4.99 Å². The van der Waals surface area contributed by atoms with Crippen molar-refractivity contribution in [3.05, 3.63) is 35.9 Å². The Hall–Kier alpha value is -0.820. The highest BCUT2D eigenvalue weighted by atomic mass is 127. The molecule has 1 aromatic carbocycles. The summed E-state index contributed by atoms with van der Waals surface area (Å²) in [6.45, 7) is 11.3. The van der Waals surface area contributed by atoms with Gasteiger partial charge in [-0.1, -0.05) is 37.3 Å². The van der Waals surface area contributed by atoms with Gasteiger partial charge in [0.2, 0.25) is 0 Å². The third-order valence-corrected chi connectivity index (χ3v) is 3.88. The summed E-state index contributed by atoms with van der Waals surface area (Å²) in [5.74, 6) is 0.914. The smallest absolute Gasteiger partial charge is 0.191 e. The Bertz CT molecular complexity index is 436. The van der Waals surface area contributed by atoms with Gasteiger partial charge in [-0.2, -0.15) is 0 Å². The Kier molecular flexibility index (Phi) is 12.1. The van der Waals surface area contributed by atoms with E-state index >= 15 is 0 Å². The normalized spacial score (nSPS) is 14.1. The van der Waals surface area contributed by atoms with Crippen molar-refractivity contribution in [3.8, 4) is 0 Å². The number of hydrogen-bond acceptors (Lipinski definition) is 2. The summed E-state index contributed by atoms with van der Waals surface area (Å²) < 4.78 is 0. The predicted molar refractivity (Wildman–Crippen MR) is 112 cm³/mol. The molecule has 0 aliphatic heterocycles. The number of hydrogen-bond donors (Lipinski definition) is 2. The molecular formula is C18H33IN4. The Balaban J connectivity index is 0.00000484. The lowest BCUT2D eigenvalue weighted by Crippen LogP contribution is -2.43. The first-order chi connectivity index (χ1) is 10.6. The van der Waals surface area contributed by atoms with E-state index in [2.05, 4.69) is 80.6 Å². The average molecular weight is 432 g/mol. The van der Waals surface area contributed by atoms with Gasteiger partial charge in [-0.05, 0) is 39.8 Å². The van der Waals surface area contributed by atoms with E-state index in [1.54, 1.807) is 0 Å². The monoisotopic (exact) mass is 432 g/mol. The van der Waals surface area contributed by atoms with Crippen molar-refractivity contribution in [1.29, 1.82) is 0 Å². The number of rotatable bonds is 8. The molecule has 0 radical (unpaired) electrons. The van der Waals surface area contributed by atoms with Crippen LogP contribution in [0.25, 0.3) is 0 Å². The Morgan fingerprint density at radius 2 is 1.83 bits per heavy atom. The van der Waals surface area contributed by atoms with Gasteiger partial charge >= 0.3 is 0 Å². The minimum Gasteiger partial charge on any atom is -0.357 e. The molecule has 0 heterocycles. The largest absolute Gasteiger partial charge is 0.357 e. The topological polar surface area (TPSA) is 39.7 Å². The van der Waals surface area contributed by atoms with E-state index in [9.17, 15) is 0 Å². The van der Waals surface area contributed by atoms with Crippen molar-refractivity contribution in [2.45, 2.75) is 52.7 Å². The first-order valence-corrected chi connectivity index (χ1v) is 8.35. The molecule has 0 aromatic heterocycles. The van der Waals surface area contributed by atoms with Gasteiger partial charge in [-0.25, -0.2) is 0 Å². The SMILES string of the molecule is CCNC(=NCC(C)N(C)Cc1ccccc1)NC(C)CC.I. The molecule has 0 amide bonds. The van der Waals surface area contributed by atoms with Gasteiger partial charge < -0.3 is 10.6 Å². The summed E-state index contributed by atoms with van der Waals surface area (Å²) in [6.07, 6.45) is 1.09. The molecule has 5 heteroatoms. The first kappa shape index (κ1) is 22.2. The maximum Gasteiger partial charge on any atom is 0.191 e. The molecule has 0 fully saturated rings. The minimum atomic E-state index is 0. The van der Waals surface area contributed by atoms with Crippen LogP contribution in [-0.4, -0.2) is 43.1 Å². The molecule has 2 atom stereocenters. The molecule has 1 rings (SSSR count). The van der Waals surface area contributed by atoms with Crippen LogP contribution in [0.1, 0.15) is 39.7 Å². The van der Waals surface area contributed by atoms with E-state index in [-0.39, 0.29) is 24.0 Å². The van der Waals surface area contributed by atoms with Crippen molar-refractivity contribution in [2.75, 3.05) is 20.1 Å². The standard InChI is InChI=1S/C18H32N4.HI/c1-6-15(3)21-18(19-7-2)20-13-16(4)22(5)14-17-11-9-8-10-12-17;/h8-12,15-16H,6-7,13-14H2,1-5H3,(H2,19,20,21);1H. The predicted octanol–water partition coefficient (Wildman–Crippen LogP) is 3.48. The summed E-state index contributed by atoms with van der Waals surface area (Å²) in [4.78, 5) is 7.06. The lowest BCUT2D eigenvalue weighted by molar-refractivity contribution is 0.255. The molecule has 2 unspecified atom stereocenters. The van der Waals surface area contributed by atoms with Crippen LogP contribution in [0.4, 0.5) is 0 Å². The van der Waals surface area contributed by atoms with Crippen molar-refractivity contribution in [3.63, 3.8) is 0 Å². The van der Waals surface area contributed by atoms with Crippen molar-refractivity contribution in [2.24, 2.45) is 4.99 Å². The van der Waals surface area contributed by atoms with Crippen LogP contribution in [0, 0.1) is 0 Å². The molecule has 1 aromatic rings. The molecule has 0 aliphatic carbocycles. The van der Waals surface area contributed by atoms with Crippen LogP contribution in [0.2, 0.25) is 0 Å². The zero-order valence-electron chi connectivity index (χ0n) is 15.2. The molecule has 0 bridgehead atoms. The maximum atomic E-state index is 4.72. The fourth-order valence-electron chi connectivity index (χ4n) is 2.05. The van der Waals surface area contributed by atoms with Crippen LogP contribution < -0.4 is 10.6 Å². The molecule has 0 spiro atoms. The van der Waals surface area contributed by atoms with Gasteiger partial charge in [0, 0.05) is 25.2 Å². The van der Waals surface area contributed by atoms with E-state index in [0.29, 0.717) is 12.1 Å². The molecule has 2 N–H and O–H groups in total. The highest BCUT2D eigenvalue weighted by Crippen LogP contribution is 2.06. The molecular weight excluding hydrogens is 399 g/mol. The second-order valence-corrected chi connectivity index (χ2v) is 5.92. The highest BCUT2D eigenvalue weighted by molar-refractivity contribution is 14.0. The van der Waals surface area contributed by atoms with Crippen molar-refractivity contribution >= 4 is 29.9 Å². The molecule has 0 saturated carbocycles. The Morgan fingerprint density at radius 1 is 1.17 bits per heavy atom. The minimum absolute atomic E-state index is 0. The van der Waals surface area contributed by atoms with Crippen molar-refractivity contribution < 1.29 is 0 Å². The van der Waals surface area contributed by atoms with Crippen molar-refractivity contribution in [1.82, 2.24) is 15.5 Å². The fraction of sp³-hybridized carbons (Fsp3) is 0.611. The number of guanidine groups is 1. The number of nitrogens with one attached hydrogen (secondary N) is 2. The third kappa shape index (κ3) is 9.15. The second kappa shape index (κ2) is 12.6. The van der Waals surface area contributed by atoms with Crippen LogP contribution in [0.3, 0.4) is 0 Å². The van der Waals surface area contributed by atoms with E-state index < -0.39 is 0 Å². The summed E-state index contributed by atoms with van der Waals surface area (Å²) in [6, 6.07) is 11.4. The summed E-state index contributed by atoms with van der Waals surface area (Å²) >= 11 is 0. The summed E-state index contributed by atoms with van der Waals surface area (Å²) in [5.41, 5.74) is 1.34. The number of nitrogens with zero attached hydrogens (tertiary/aromatic N) is 2. The maximum absolute atomic E-state index is 4.72. The lowest BCUT2D eigenvalue weighted by atomic mass is 10.2. The quantitative estimate of drug-likeness (QED) is 0.376. The molecule has 0 saturated heterocycles. The molecule has 23 heavy (non-hydrogen) atoms. The van der Waals surface area contributed by atoms with E-state index in [0.717, 1.165) is 32.0 Å². The van der Waals surface area contributed by atoms with E-state index in [1.165, 1.54) is 5.56 Å². The number of likely N-dealkylation sites (N-methyl/N-ethyl adjacent to an activating group) is 1. The number of aliphatic imine (C=N–C) groups is 1. The number of benzene rings is 1. The van der Waals surface area contributed by atoms with Crippen LogP contribution in [0.15, 0.2) is 35.3 Å². The van der Waals surface area contributed by atoms with Gasteiger partial charge in [0.25, 0.3) is 0 Å². The fourth-order valence-corrected chi connectivity index (χ4v) is 2.05. The molecule has 4 nitrogen and oxygen atoms in total. The lowest BCUT2D eigenvalue weighted by Gasteiger charge is -2.24. The summed E-state index contributed by atoms with van der Waals surface area (Å²) in [5, 5.41) is 6.74. The average Bonchev–Trinajstić information content (AvgIpc) is 2.53. The second-order valence-electron chi connectivity index (χ2n) is 5.92. The first-order valence-electron chi connectivity index (χ1n) is 8.35. The van der Waals surface area contributed by atoms with Gasteiger partial charge in [0.1, 0.15) is 0 Å². The van der Waals surface area contributed by atoms with Crippen LogP contribution in [-0.2, 0) is 6.54 Å². The highest BCUT2D eigenvalue weighted by Gasteiger charge is 2.10. The van der Waals surface area contributed by atoms with Crippen LogP contribution in [0.5, 0.6) is 0 Å². The van der Waals surface area contributed by atoms with Gasteiger partial charge in [0.05, 0.1) is 6.54 Å². The van der Waals surface area contributed by atoms with Gasteiger partial charge in [-0.3, -0.25) is 9.89 Å². The number of halogens is 1. The van der Waals surface area contributed by atoms with Crippen LogP contribution >= 0.6 is 24.0 Å². The zero-order chi connectivity index (χ0) is 16.4. The Labute approximate surface area is 159 Å². The van der Waals surface area contributed by atoms with E-state index in [1.807, 2.05) is 0 Å². The van der Waals surface area contributed by atoms with Gasteiger partial charge in [0.15, 0.2) is 5.96 Å². The zero-order valence-corrected chi connectivity index (χ0v) is 17.5. The summed E-state index contributed by atoms with van der Waals surface area (Å²) in [7, 11) is 2.15. The molecule has 0 aliphatic rings. The molecule has 132 valence electrons. The van der Waals surface area contributed by atoms with Gasteiger partial charge in [-0.15, -0.1) is 24.0 Å². The Morgan fingerprint density at radius 3 is 2.39 bits per heavy atom. The third-order valence-electron chi connectivity index (χ3n) is 3.88.